The molecule has 1 amide bonds. The lowest BCUT2D eigenvalue weighted by Gasteiger charge is -2.13. The Bertz CT molecular complexity index is 867. The van der Waals surface area contributed by atoms with Gasteiger partial charge in [-0.25, -0.2) is 4.98 Å². The molecule has 3 rings (SSSR count). The summed E-state index contributed by atoms with van der Waals surface area (Å²) in [6, 6.07) is 7.49. The molecule has 24 heavy (non-hydrogen) atoms. The zero-order chi connectivity index (χ0) is 17.1. The van der Waals surface area contributed by atoms with Crippen LogP contribution < -0.4 is 0 Å². The van der Waals surface area contributed by atoms with Crippen LogP contribution in [0.25, 0.3) is 17.1 Å². The number of hydrogen-bond donors (Lipinski definition) is 1. The quantitative estimate of drug-likeness (QED) is 0.649. The van der Waals surface area contributed by atoms with Gasteiger partial charge in [-0.15, -0.1) is 0 Å². The fourth-order valence-corrected chi connectivity index (χ4v) is 3.55. The molecule has 0 saturated carbocycles. The minimum absolute atomic E-state index is 0.00621. The summed E-state index contributed by atoms with van der Waals surface area (Å²) >= 11 is 6.41. The molecule has 0 unspecified atom stereocenters. The zero-order valence-corrected chi connectivity index (χ0v) is 14.1. The van der Waals surface area contributed by atoms with E-state index in [0.717, 1.165) is 11.0 Å². The van der Waals surface area contributed by atoms with E-state index in [1.165, 1.54) is 16.7 Å². The lowest BCUT2D eigenvalue weighted by Crippen LogP contribution is -2.29. The first-order valence-electron chi connectivity index (χ1n) is 7.23. The highest BCUT2D eigenvalue weighted by Gasteiger charge is 2.31. The van der Waals surface area contributed by atoms with Gasteiger partial charge in [0.05, 0.1) is 27.8 Å². The van der Waals surface area contributed by atoms with Gasteiger partial charge < -0.3 is 5.11 Å². The van der Waals surface area contributed by atoms with Crippen LogP contribution in [0.2, 0.25) is 0 Å². The maximum Gasteiger partial charge on any atom is 0.303 e. The lowest BCUT2D eigenvalue weighted by molar-refractivity contribution is -0.137. The third kappa shape index (κ3) is 3.60. The monoisotopic (exact) mass is 359 g/mol. The number of carbonyl (C=O) groups is 2. The van der Waals surface area contributed by atoms with E-state index in [1.807, 2.05) is 24.3 Å². The van der Waals surface area contributed by atoms with Crippen LogP contribution in [0.5, 0.6) is 0 Å². The Morgan fingerprint density at radius 1 is 1.33 bits per heavy atom. The number of hydrogen-bond acceptors (Lipinski definition) is 6. The van der Waals surface area contributed by atoms with E-state index in [-0.39, 0.29) is 12.3 Å². The van der Waals surface area contributed by atoms with Crippen molar-refractivity contribution in [3.63, 3.8) is 0 Å². The van der Waals surface area contributed by atoms with E-state index < -0.39 is 5.97 Å². The second kappa shape index (κ2) is 7.06. The van der Waals surface area contributed by atoms with Crippen LogP contribution in [-0.4, -0.2) is 42.7 Å². The lowest BCUT2D eigenvalue weighted by atomic mass is 10.2. The largest absolute Gasteiger partial charge is 0.481 e. The molecule has 2 aromatic rings. The highest BCUT2D eigenvalue weighted by atomic mass is 32.2. The molecule has 6 nitrogen and oxygen atoms in total. The van der Waals surface area contributed by atoms with Crippen molar-refractivity contribution in [2.24, 2.45) is 0 Å². The number of aliphatic carboxylic acids is 1. The summed E-state index contributed by atoms with van der Waals surface area (Å²) < 4.78 is 0.436. The number of carboxylic acids is 1. The average molecular weight is 359 g/mol. The number of fused-ring (bicyclic) bond motifs is 1. The number of amides is 1. The number of thiocarbonyl (C=S) groups is 1. The molecule has 1 fully saturated rings. The molecule has 2 heterocycles. The summed E-state index contributed by atoms with van der Waals surface area (Å²) in [6.45, 7) is 0.303. The van der Waals surface area contributed by atoms with Gasteiger partial charge in [-0.2, -0.15) is 0 Å². The predicted molar refractivity (Wildman–Crippen MR) is 96.3 cm³/mol. The number of para-hydroxylation sites is 2. The summed E-state index contributed by atoms with van der Waals surface area (Å²) in [6.07, 6.45) is 3.65. The standard InChI is InChI=1S/C16H13N3O3S2/c20-14(21)6-3-7-19-15(22)13(24-16(19)23)8-10-9-17-11-4-1-2-5-12(11)18-10/h1-2,4-5,8-9H,3,6-7H2,(H,20,21)/b13-8-. The number of benzene rings is 1. The number of carbonyl (C=O) groups excluding carboxylic acids is 1. The van der Waals surface area contributed by atoms with Gasteiger partial charge >= 0.3 is 5.97 Å². The number of thioether (sulfide) groups is 1. The molecule has 0 bridgehead atoms. The van der Waals surface area contributed by atoms with Crippen molar-refractivity contribution in [3.05, 3.63) is 41.1 Å². The normalized spacial score (nSPS) is 16.3. The van der Waals surface area contributed by atoms with Crippen molar-refractivity contribution < 1.29 is 14.7 Å². The van der Waals surface area contributed by atoms with E-state index in [2.05, 4.69) is 9.97 Å². The first kappa shape index (κ1) is 16.5. The third-order valence-corrected chi connectivity index (χ3v) is 4.77. The molecular formula is C16H13N3O3S2. The number of nitrogens with zero attached hydrogens (tertiary/aromatic N) is 3. The molecule has 122 valence electrons. The molecule has 0 atom stereocenters. The SMILES string of the molecule is O=C(O)CCCN1C(=O)/C(=C/c2cnc3ccccc3n2)SC1=S. The first-order chi connectivity index (χ1) is 11.5. The molecule has 1 aliphatic heterocycles. The topological polar surface area (TPSA) is 83.4 Å². The fourth-order valence-electron chi connectivity index (χ4n) is 2.26. The number of aromatic nitrogens is 2. The summed E-state index contributed by atoms with van der Waals surface area (Å²) in [4.78, 5) is 33.7. The van der Waals surface area contributed by atoms with Crippen LogP contribution in [0, 0.1) is 0 Å². The van der Waals surface area contributed by atoms with E-state index in [9.17, 15) is 9.59 Å². The van der Waals surface area contributed by atoms with Crippen LogP contribution in [0.1, 0.15) is 18.5 Å². The molecule has 0 radical (unpaired) electrons. The van der Waals surface area contributed by atoms with Crippen LogP contribution in [0.3, 0.4) is 0 Å². The Balaban J connectivity index is 1.78. The van der Waals surface area contributed by atoms with Crippen molar-refractivity contribution in [1.29, 1.82) is 0 Å². The van der Waals surface area contributed by atoms with Crippen molar-refractivity contribution in [2.45, 2.75) is 12.8 Å². The van der Waals surface area contributed by atoms with Gasteiger partial charge in [0.2, 0.25) is 0 Å². The Kier molecular flexibility index (Phi) is 4.86. The van der Waals surface area contributed by atoms with Crippen LogP contribution in [0.15, 0.2) is 35.4 Å². The summed E-state index contributed by atoms with van der Waals surface area (Å²) in [7, 11) is 0. The van der Waals surface area contributed by atoms with Gasteiger partial charge in [0.25, 0.3) is 5.91 Å². The Labute approximate surface area is 147 Å². The molecule has 0 aliphatic carbocycles. The smallest absolute Gasteiger partial charge is 0.303 e. The fraction of sp³-hybridized carbons (Fsp3) is 0.188. The molecular weight excluding hydrogens is 346 g/mol. The molecule has 8 heteroatoms. The highest BCUT2D eigenvalue weighted by Crippen LogP contribution is 2.32. The predicted octanol–water partition coefficient (Wildman–Crippen LogP) is 2.70. The molecule has 1 aliphatic rings. The molecule has 1 aromatic heterocycles. The van der Waals surface area contributed by atoms with Gasteiger partial charge in [-0.05, 0) is 24.6 Å². The van der Waals surface area contributed by atoms with Gasteiger partial charge in [-0.3, -0.25) is 19.5 Å². The van der Waals surface area contributed by atoms with E-state index in [1.54, 1.807) is 12.3 Å². The Morgan fingerprint density at radius 3 is 2.83 bits per heavy atom. The Hall–Kier alpha value is -2.32. The number of carboxylic acid groups (broad SMARTS) is 1. The maximum absolute atomic E-state index is 12.4. The average Bonchev–Trinajstić information content (AvgIpc) is 2.82. The van der Waals surface area contributed by atoms with Gasteiger partial charge in [0.15, 0.2) is 0 Å². The minimum atomic E-state index is -0.887. The van der Waals surface area contributed by atoms with Gasteiger partial charge in [0.1, 0.15) is 4.32 Å². The second-order valence-electron chi connectivity index (χ2n) is 5.11. The first-order valence-corrected chi connectivity index (χ1v) is 8.46. The Morgan fingerprint density at radius 2 is 2.08 bits per heavy atom. The summed E-state index contributed by atoms with van der Waals surface area (Å²) in [5.74, 6) is -1.10. The summed E-state index contributed by atoms with van der Waals surface area (Å²) in [5.41, 5.74) is 2.12. The maximum atomic E-state index is 12.4. The molecule has 1 saturated heterocycles. The highest BCUT2D eigenvalue weighted by molar-refractivity contribution is 8.26. The van der Waals surface area contributed by atoms with Crippen LogP contribution >= 0.6 is 24.0 Å². The van der Waals surface area contributed by atoms with E-state index >= 15 is 0 Å². The van der Waals surface area contributed by atoms with Gasteiger partial charge in [0, 0.05) is 13.0 Å². The molecule has 1 aromatic carbocycles. The third-order valence-electron chi connectivity index (χ3n) is 3.39. The van der Waals surface area contributed by atoms with Crippen molar-refractivity contribution in [1.82, 2.24) is 14.9 Å². The molecule has 0 spiro atoms. The second-order valence-corrected chi connectivity index (χ2v) is 6.79. The van der Waals surface area contributed by atoms with E-state index in [0.29, 0.717) is 27.9 Å². The van der Waals surface area contributed by atoms with Gasteiger partial charge in [-0.1, -0.05) is 36.1 Å². The summed E-state index contributed by atoms with van der Waals surface area (Å²) in [5, 5.41) is 8.68. The van der Waals surface area contributed by atoms with Crippen LogP contribution in [-0.2, 0) is 9.59 Å². The number of rotatable bonds is 5. The van der Waals surface area contributed by atoms with Crippen LogP contribution in [0.4, 0.5) is 0 Å². The van der Waals surface area contributed by atoms with E-state index in [4.69, 9.17) is 17.3 Å². The van der Waals surface area contributed by atoms with Crippen molar-refractivity contribution in [2.75, 3.05) is 6.54 Å². The minimum Gasteiger partial charge on any atom is -0.481 e. The zero-order valence-electron chi connectivity index (χ0n) is 12.5. The molecule has 1 N–H and O–H groups in total. The van der Waals surface area contributed by atoms with Crippen molar-refractivity contribution in [3.8, 4) is 0 Å². The van der Waals surface area contributed by atoms with Crippen molar-refractivity contribution >= 4 is 57.3 Å².